The first-order valence-corrected chi connectivity index (χ1v) is 9.44. The van der Waals surface area contributed by atoms with E-state index in [0.29, 0.717) is 23.1 Å². The van der Waals surface area contributed by atoms with Crippen molar-refractivity contribution in [1.29, 1.82) is 0 Å². The molecule has 28 heavy (non-hydrogen) atoms. The topological polar surface area (TPSA) is 72.3 Å². The zero-order valence-corrected chi connectivity index (χ0v) is 15.9. The lowest BCUT2D eigenvalue weighted by molar-refractivity contribution is -0.117. The van der Waals surface area contributed by atoms with Crippen molar-refractivity contribution in [3.63, 3.8) is 0 Å². The normalized spacial score (nSPS) is 16.8. The number of carbonyl (C=O) groups excluding carboxylic acids is 1. The lowest BCUT2D eigenvalue weighted by atomic mass is 10.3. The number of nitrogens with zero attached hydrogens (tertiary/aromatic N) is 4. The molecule has 1 aliphatic heterocycles. The fraction of sp³-hybridized carbons (Fsp3) is 0.250. The first-order valence-electron chi connectivity index (χ1n) is 9.06. The van der Waals surface area contributed by atoms with Gasteiger partial charge in [-0.15, -0.1) is 0 Å². The predicted molar refractivity (Wildman–Crippen MR) is 107 cm³/mol. The average Bonchev–Trinajstić information content (AvgIpc) is 3.37. The molecule has 1 saturated heterocycles. The van der Waals surface area contributed by atoms with E-state index in [-0.39, 0.29) is 11.9 Å². The van der Waals surface area contributed by atoms with E-state index in [1.165, 1.54) is 6.33 Å². The van der Waals surface area contributed by atoms with Crippen LogP contribution >= 0.6 is 11.6 Å². The largest absolute Gasteiger partial charge is 0.456 e. The van der Waals surface area contributed by atoms with E-state index >= 15 is 0 Å². The number of amides is 1. The molecule has 1 aromatic heterocycles. The molecule has 1 amide bonds. The number of nitrogens with one attached hydrogen (secondary N) is 1. The standard InChI is InChI=1S/C20H20ClN5O2/c21-18-3-1-2-4-19(18)28-17-7-5-15(6-8-17)24-20(27)12-25-10-9-16(11-25)26-14-22-13-23-26/h1-8,13-14,16H,9-12H2,(H,24,27). The van der Waals surface area contributed by atoms with Gasteiger partial charge in [0.2, 0.25) is 5.91 Å². The minimum Gasteiger partial charge on any atom is -0.456 e. The number of hydrogen-bond donors (Lipinski definition) is 1. The van der Waals surface area contributed by atoms with Crippen LogP contribution in [0, 0.1) is 0 Å². The molecule has 1 unspecified atom stereocenters. The molecule has 8 heteroatoms. The SMILES string of the molecule is O=C(CN1CCC(n2cncn2)C1)Nc1ccc(Oc2ccccc2Cl)cc1. The number of rotatable bonds is 6. The fourth-order valence-corrected chi connectivity index (χ4v) is 3.42. The molecule has 0 radical (unpaired) electrons. The molecule has 1 N–H and O–H groups in total. The summed E-state index contributed by atoms with van der Waals surface area (Å²) in [5, 5.41) is 7.66. The Hall–Kier alpha value is -2.90. The Bertz CT molecular complexity index is 930. The van der Waals surface area contributed by atoms with Gasteiger partial charge in [-0.25, -0.2) is 9.67 Å². The monoisotopic (exact) mass is 397 g/mol. The van der Waals surface area contributed by atoms with E-state index in [9.17, 15) is 4.79 Å². The number of para-hydroxylation sites is 1. The van der Waals surface area contributed by atoms with Gasteiger partial charge >= 0.3 is 0 Å². The molecule has 0 bridgehead atoms. The van der Waals surface area contributed by atoms with E-state index in [0.717, 1.165) is 25.2 Å². The minimum absolute atomic E-state index is 0.0426. The maximum absolute atomic E-state index is 12.3. The van der Waals surface area contributed by atoms with Crippen LogP contribution in [0.3, 0.4) is 0 Å². The highest BCUT2D eigenvalue weighted by Crippen LogP contribution is 2.29. The van der Waals surface area contributed by atoms with Crippen LogP contribution in [0.4, 0.5) is 5.69 Å². The smallest absolute Gasteiger partial charge is 0.238 e. The molecule has 2 aromatic carbocycles. The Kier molecular flexibility index (Phi) is 5.55. The van der Waals surface area contributed by atoms with E-state index in [1.807, 2.05) is 28.9 Å². The second kappa shape index (κ2) is 8.41. The number of hydrogen-bond acceptors (Lipinski definition) is 5. The molecular formula is C20H20ClN5O2. The maximum Gasteiger partial charge on any atom is 0.238 e. The number of likely N-dealkylation sites (tertiary alicyclic amines) is 1. The molecule has 0 aliphatic carbocycles. The van der Waals surface area contributed by atoms with Crippen molar-refractivity contribution >= 4 is 23.2 Å². The van der Waals surface area contributed by atoms with Gasteiger partial charge in [0.05, 0.1) is 17.6 Å². The first kappa shape index (κ1) is 18.5. The Balaban J connectivity index is 1.28. The van der Waals surface area contributed by atoms with Crippen molar-refractivity contribution in [2.24, 2.45) is 0 Å². The van der Waals surface area contributed by atoms with E-state index in [2.05, 4.69) is 20.3 Å². The summed E-state index contributed by atoms with van der Waals surface area (Å²) in [5.74, 6) is 1.21. The lowest BCUT2D eigenvalue weighted by Crippen LogP contribution is -2.31. The lowest BCUT2D eigenvalue weighted by Gasteiger charge is -2.16. The van der Waals surface area contributed by atoms with Gasteiger partial charge in [0.1, 0.15) is 24.2 Å². The first-order chi connectivity index (χ1) is 13.7. The highest BCUT2D eigenvalue weighted by Gasteiger charge is 2.25. The molecule has 1 aliphatic rings. The van der Waals surface area contributed by atoms with Crippen LogP contribution in [-0.2, 0) is 4.79 Å². The summed E-state index contributed by atoms with van der Waals surface area (Å²) in [6.07, 6.45) is 4.22. The minimum atomic E-state index is -0.0426. The van der Waals surface area contributed by atoms with Crippen LogP contribution in [0.25, 0.3) is 0 Å². The van der Waals surface area contributed by atoms with Gasteiger partial charge < -0.3 is 10.1 Å². The van der Waals surface area contributed by atoms with Crippen LogP contribution in [0.1, 0.15) is 12.5 Å². The summed E-state index contributed by atoms with van der Waals surface area (Å²) in [6.45, 7) is 2.01. The number of anilines is 1. The molecule has 1 fully saturated rings. The second-order valence-electron chi connectivity index (χ2n) is 6.66. The van der Waals surface area contributed by atoms with Crippen LogP contribution in [0.5, 0.6) is 11.5 Å². The molecule has 0 spiro atoms. The van der Waals surface area contributed by atoms with Crippen LogP contribution in [-0.4, -0.2) is 45.2 Å². The van der Waals surface area contributed by atoms with Gasteiger partial charge in [0.15, 0.2) is 0 Å². The fourth-order valence-electron chi connectivity index (χ4n) is 3.24. The Morgan fingerprint density at radius 1 is 1.21 bits per heavy atom. The van der Waals surface area contributed by atoms with Crippen molar-refractivity contribution < 1.29 is 9.53 Å². The van der Waals surface area contributed by atoms with Crippen molar-refractivity contribution in [3.8, 4) is 11.5 Å². The summed E-state index contributed by atoms with van der Waals surface area (Å²) in [7, 11) is 0. The Morgan fingerprint density at radius 2 is 2.04 bits per heavy atom. The molecule has 1 atom stereocenters. The third kappa shape index (κ3) is 4.49. The number of ether oxygens (including phenoxy) is 1. The molecule has 3 aromatic rings. The molecule has 7 nitrogen and oxygen atoms in total. The molecule has 2 heterocycles. The van der Waals surface area contributed by atoms with Gasteiger partial charge in [0, 0.05) is 18.8 Å². The van der Waals surface area contributed by atoms with Gasteiger partial charge in [-0.05, 0) is 42.8 Å². The summed E-state index contributed by atoms with van der Waals surface area (Å²) in [4.78, 5) is 18.5. The molecule has 144 valence electrons. The zero-order chi connectivity index (χ0) is 19.3. The van der Waals surface area contributed by atoms with Crippen molar-refractivity contribution in [3.05, 3.63) is 66.2 Å². The van der Waals surface area contributed by atoms with Crippen LogP contribution in [0.2, 0.25) is 5.02 Å². The average molecular weight is 398 g/mol. The third-order valence-electron chi connectivity index (χ3n) is 4.63. The number of carbonyl (C=O) groups is 1. The third-order valence-corrected chi connectivity index (χ3v) is 4.94. The van der Waals surface area contributed by atoms with Crippen LogP contribution < -0.4 is 10.1 Å². The van der Waals surface area contributed by atoms with Gasteiger partial charge in [-0.3, -0.25) is 9.69 Å². The van der Waals surface area contributed by atoms with Crippen molar-refractivity contribution in [2.75, 3.05) is 25.0 Å². The Labute approximate surface area is 167 Å². The second-order valence-corrected chi connectivity index (χ2v) is 7.07. The molecule has 4 rings (SSSR count). The highest BCUT2D eigenvalue weighted by molar-refractivity contribution is 6.32. The van der Waals surface area contributed by atoms with E-state index < -0.39 is 0 Å². The predicted octanol–water partition coefficient (Wildman–Crippen LogP) is 3.61. The summed E-state index contributed by atoms with van der Waals surface area (Å²) in [5.41, 5.74) is 0.725. The highest BCUT2D eigenvalue weighted by atomic mass is 35.5. The van der Waals surface area contributed by atoms with E-state index in [1.54, 1.807) is 30.6 Å². The van der Waals surface area contributed by atoms with Crippen molar-refractivity contribution in [1.82, 2.24) is 19.7 Å². The number of aromatic nitrogens is 3. The maximum atomic E-state index is 12.3. The number of benzene rings is 2. The van der Waals surface area contributed by atoms with Gasteiger partial charge in [0.25, 0.3) is 0 Å². The summed E-state index contributed by atoms with van der Waals surface area (Å²) < 4.78 is 7.61. The van der Waals surface area contributed by atoms with Gasteiger partial charge in [-0.1, -0.05) is 23.7 Å². The van der Waals surface area contributed by atoms with E-state index in [4.69, 9.17) is 16.3 Å². The number of halogens is 1. The van der Waals surface area contributed by atoms with Crippen LogP contribution in [0.15, 0.2) is 61.2 Å². The molecular weight excluding hydrogens is 378 g/mol. The van der Waals surface area contributed by atoms with Gasteiger partial charge in [-0.2, -0.15) is 5.10 Å². The quantitative estimate of drug-likeness (QED) is 0.687. The van der Waals surface area contributed by atoms with Crippen molar-refractivity contribution in [2.45, 2.75) is 12.5 Å². The summed E-state index contributed by atoms with van der Waals surface area (Å²) >= 11 is 6.10. The molecule has 0 saturated carbocycles. The zero-order valence-electron chi connectivity index (χ0n) is 15.2. The summed E-state index contributed by atoms with van der Waals surface area (Å²) in [6, 6.07) is 14.8. The Morgan fingerprint density at radius 3 is 2.79 bits per heavy atom.